The van der Waals surface area contributed by atoms with Crippen molar-refractivity contribution in [2.24, 2.45) is 0 Å². The molecule has 0 aliphatic carbocycles. The fourth-order valence-electron chi connectivity index (χ4n) is 3.17. The van der Waals surface area contributed by atoms with Crippen LogP contribution in [-0.2, 0) is 0 Å². The molecule has 8 heteroatoms. The number of aromatic amines is 1. The lowest BCUT2D eigenvalue weighted by atomic mass is 10.2. The molecule has 1 amide bonds. The standard InChI is InChI=1S/C23H25N7O/c1-15(2)24-11-12-26-22(31)21-14-16-13-17(6-7-18(16)29-21)28-23-27-10-8-20(30-23)19-5-3-4-9-25-19/h3-10,13-15,24,29H,11-12H2,1-2H3,(H,26,31)(H,27,28,30). The van der Waals surface area contributed by atoms with Crippen molar-refractivity contribution in [2.45, 2.75) is 19.9 Å². The van der Waals surface area contributed by atoms with Crippen molar-refractivity contribution in [1.82, 2.24) is 30.6 Å². The van der Waals surface area contributed by atoms with Gasteiger partial charge in [0.15, 0.2) is 0 Å². The third kappa shape index (κ3) is 5.23. The first-order chi connectivity index (χ1) is 15.1. The number of fused-ring (bicyclic) bond motifs is 1. The molecule has 0 saturated heterocycles. The second-order valence-electron chi connectivity index (χ2n) is 7.46. The summed E-state index contributed by atoms with van der Waals surface area (Å²) in [5, 5.41) is 10.3. The van der Waals surface area contributed by atoms with Gasteiger partial charge in [0.2, 0.25) is 5.95 Å². The van der Waals surface area contributed by atoms with Crippen LogP contribution in [0.2, 0.25) is 0 Å². The fourth-order valence-corrected chi connectivity index (χ4v) is 3.17. The van der Waals surface area contributed by atoms with E-state index in [1.807, 2.05) is 48.5 Å². The molecule has 0 radical (unpaired) electrons. The molecule has 0 fully saturated rings. The number of amides is 1. The average Bonchev–Trinajstić information content (AvgIpc) is 3.21. The minimum absolute atomic E-state index is 0.123. The first kappa shape index (κ1) is 20.5. The molecule has 0 aliphatic heterocycles. The first-order valence-electron chi connectivity index (χ1n) is 10.2. The van der Waals surface area contributed by atoms with Crippen molar-refractivity contribution in [3.8, 4) is 11.4 Å². The van der Waals surface area contributed by atoms with E-state index in [9.17, 15) is 4.79 Å². The molecule has 0 bridgehead atoms. The van der Waals surface area contributed by atoms with E-state index < -0.39 is 0 Å². The van der Waals surface area contributed by atoms with Gasteiger partial charge < -0.3 is 20.9 Å². The summed E-state index contributed by atoms with van der Waals surface area (Å²) in [4.78, 5) is 28.7. The molecular weight excluding hydrogens is 390 g/mol. The van der Waals surface area contributed by atoms with E-state index in [-0.39, 0.29) is 5.91 Å². The van der Waals surface area contributed by atoms with E-state index in [0.29, 0.717) is 24.2 Å². The van der Waals surface area contributed by atoms with Crippen LogP contribution in [0.15, 0.2) is 60.9 Å². The number of H-pyrrole nitrogens is 1. The van der Waals surface area contributed by atoms with E-state index in [1.165, 1.54) is 0 Å². The molecule has 4 aromatic rings. The number of benzene rings is 1. The van der Waals surface area contributed by atoms with E-state index in [1.54, 1.807) is 12.4 Å². The number of hydrogen-bond donors (Lipinski definition) is 4. The van der Waals surface area contributed by atoms with E-state index >= 15 is 0 Å². The van der Waals surface area contributed by atoms with E-state index in [4.69, 9.17) is 0 Å². The zero-order valence-electron chi connectivity index (χ0n) is 17.5. The smallest absolute Gasteiger partial charge is 0.267 e. The van der Waals surface area contributed by atoms with Crippen LogP contribution >= 0.6 is 0 Å². The highest BCUT2D eigenvalue weighted by Crippen LogP contribution is 2.23. The fraction of sp³-hybridized carbons (Fsp3) is 0.217. The second-order valence-corrected chi connectivity index (χ2v) is 7.46. The Hall–Kier alpha value is -3.78. The minimum atomic E-state index is -0.123. The van der Waals surface area contributed by atoms with Crippen LogP contribution in [0.4, 0.5) is 11.6 Å². The Balaban J connectivity index is 1.46. The van der Waals surface area contributed by atoms with Crippen molar-refractivity contribution in [2.75, 3.05) is 18.4 Å². The molecule has 31 heavy (non-hydrogen) atoms. The summed E-state index contributed by atoms with van der Waals surface area (Å²) >= 11 is 0. The van der Waals surface area contributed by atoms with Crippen LogP contribution in [-0.4, -0.2) is 45.0 Å². The Labute approximate surface area is 180 Å². The summed E-state index contributed by atoms with van der Waals surface area (Å²) in [6, 6.07) is 15.6. The second kappa shape index (κ2) is 9.36. The number of pyridine rings is 1. The quantitative estimate of drug-likeness (QED) is 0.328. The van der Waals surface area contributed by atoms with Gasteiger partial charge >= 0.3 is 0 Å². The maximum atomic E-state index is 12.4. The highest BCUT2D eigenvalue weighted by atomic mass is 16.1. The lowest BCUT2D eigenvalue weighted by Crippen LogP contribution is -2.34. The first-order valence-corrected chi connectivity index (χ1v) is 10.2. The molecule has 0 unspecified atom stereocenters. The Morgan fingerprint density at radius 1 is 1.00 bits per heavy atom. The van der Waals surface area contributed by atoms with Crippen LogP contribution in [0.1, 0.15) is 24.3 Å². The van der Waals surface area contributed by atoms with Gasteiger partial charge in [-0.25, -0.2) is 9.97 Å². The number of nitrogens with one attached hydrogen (secondary N) is 4. The van der Waals surface area contributed by atoms with Gasteiger partial charge in [-0.15, -0.1) is 0 Å². The van der Waals surface area contributed by atoms with E-state index in [2.05, 4.69) is 49.7 Å². The van der Waals surface area contributed by atoms with Crippen LogP contribution < -0.4 is 16.0 Å². The average molecular weight is 416 g/mol. The molecule has 0 spiro atoms. The molecule has 3 heterocycles. The molecule has 0 atom stereocenters. The van der Waals surface area contributed by atoms with Gasteiger partial charge in [-0.2, -0.15) is 0 Å². The summed E-state index contributed by atoms with van der Waals surface area (Å²) in [6.07, 6.45) is 3.43. The summed E-state index contributed by atoms with van der Waals surface area (Å²) < 4.78 is 0. The van der Waals surface area contributed by atoms with Gasteiger partial charge in [-0.3, -0.25) is 9.78 Å². The zero-order valence-corrected chi connectivity index (χ0v) is 17.5. The van der Waals surface area contributed by atoms with Crippen molar-refractivity contribution in [1.29, 1.82) is 0 Å². The molecule has 0 aliphatic rings. The zero-order chi connectivity index (χ0) is 21.6. The molecule has 4 rings (SSSR count). The van der Waals surface area contributed by atoms with E-state index in [0.717, 1.165) is 34.5 Å². The summed E-state index contributed by atoms with van der Waals surface area (Å²) in [6.45, 7) is 5.45. The molecule has 3 aromatic heterocycles. The predicted molar refractivity (Wildman–Crippen MR) is 122 cm³/mol. The van der Waals surface area contributed by atoms with Crippen LogP contribution in [0.25, 0.3) is 22.3 Å². The monoisotopic (exact) mass is 415 g/mol. The summed E-state index contributed by atoms with van der Waals surface area (Å²) in [5.41, 5.74) is 3.78. The van der Waals surface area contributed by atoms with Crippen LogP contribution in [0.3, 0.4) is 0 Å². The van der Waals surface area contributed by atoms with Gasteiger partial charge in [0, 0.05) is 48.1 Å². The van der Waals surface area contributed by atoms with Gasteiger partial charge in [0.1, 0.15) is 5.69 Å². The Morgan fingerprint density at radius 3 is 2.71 bits per heavy atom. The minimum Gasteiger partial charge on any atom is -0.351 e. The Kier molecular flexibility index (Phi) is 6.18. The normalized spacial score (nSPS) is 11.1. The van der Waals surface area contributed by atoms with Crippen LogP contribution in [0.5, 0.6) is 0 Å². The number of nitrogens with zero attached hydrogens (tertiary/aromatic N) is 3. The molecule has 1 aromatic carbocycles. The van der Waals surface area contributed by atoms with Crippen molar-refractivity contribution >= 4 is 28.4 Å². The SMILES string of the molecule is CC(C)NCCNC(=O)c1cc2cc(Nc3nccc(-c4ccccn4)n3)ccc2[nH]1. The van der Waals surface area contributed by atoms with Crippen LogP contribution in [0, 0.1) is 0 Å². The lowest BCUT2D eigenvalue weighted by molar-refractivity contribution is 0.0949. The topological polar surface area (TPSA) is 108 Å². The number of carbonyl (C=O) groups excluding carboxylic acids is 1. The predicted octanol–water partition coefficient (Wildman–Crippen LogP) is 3.49. The van der Waals surface area contributed by atoms with Crippen molar-refractivity contribution in [3.63, 3.8) is 0 Å². The highest BCUT2D eigenvalue weighted by molar-refractivity contribution is 5.98. The van der Waals surface area contributed by atoms with Gasteiger partial charge in [0.05, 0.1) is 11.4 Å². The number of carbonyl (C=O) groups is 1. The largest absolute Gasteiger partial charge is 0.351 e. The Bertz CT molecular complexity index is 1170. The Morgan fingerprint density at radius 2 is 1.90 bits per heavy atom. The van der Waals surface area contributed by atoms with Gasteiger partial charge in [0.25, 0.3) is 5.91 Å². The molecule has 0 saturated carbocycles. The maximum absolute atomic E-state index is 12.4. The molecule has 8 nitrogen and oxygen atoms in total. The third-order valence-corrected chi connectivity index (χ3v) is 4.67. The maximum Gasteiger partial charge on any atom is 0.267 e. The highest BCUT2D eigenvalue weighted by Gasteiger charge is 2.10. The summed E-state index contributed by atoms with van der Waals surface area (Å²) in [5.74, 6) is 0.358. The van der Waals surface area contributed by atoms with Crippen molar-refractivity contribution < 1.29 is 4.79 Å². The van der Waals surface area contributed by atoms with Crippen molar-refractivity contribution in [3.05, 3.63) is 66.6 Å². The number of rotatable bonds is 8. The molecule has 4 N–H and O–H groups in total. The molecule has 158 valence electrons. The summed E-state index contributed by atoms with van der Waals surface area (Å²) in [7, 11) is 0. The van der Waals surface area contributed by atoms with Gasteiger partial charge in [-0.1, -0.05) is 19.9 Å². The molecular formula is C23H25N7O. The van der Waals surface area contributed by atoms with Gasteiger partial charge in [-0.05, 0) is 42.5 Å². The number of hydrogen-bond acceptors (Lipinski definition) is 6. The number of anilines is 2. The lowest BCUT2D eigenvalue weighted by Gasteiger charge is -2.08. The number of aromatic nitrogens is 4. The third-order valence-electron chi connectivity index (χ3n) is 4.67.